The van der Waals surface area contributed by atoms with Crippen molar-refractivity contribution in [3.8, 4) is 0 Å². The number of hydrogen-bond acceptors (Lipinski definition) is 2. The highest BCUT2D eigenvalue weighted by Crippen LogP contribution is 2.41. The topological polar surface area (TPSA) is 15.3 Å². The van der Waals surface area contributed by atoms with Crippen molar-refractivity contribution in [3.63, 3.8) is 0 Å². The van der Waals surface area contributed by atoms with Crippen LogP contribution in [0.4, 0.5) is 8.78 Å². The summed E-state index contributed by atoms with van der Waals surface area (Å²) in [4.78, 5) is 2.23. The summed E-state index contributed by atoms with van der Waals surface area (Å²) < 4.78 is 29.0. The van der Waals surface area contributed by atoms with Crippen LogP contribution in [0.25, 0.3) is 0 Å². The Hall–Kier alpha value is -0.520. The molecule has 110 valence electrons. The Morgan fingerprint density at radius 3 is 2.35 bits per heavy atom. The van der Waals surface area contributed by atoms with Gasteiger partial charge in [0.15, 0.2) is 0 Å². The summed E-state index contributed by atoms with van der Waals surface area (Å²) in [5, 5.41) is 3.29. The second-order valence-corrected chi connectivity index (χ2v) is 6.68. The minimum Gasteiger partial charge on any atom is -0.314 e. The molecule has 0 bridgehead atoms. The highest BCUT2D eigenvalue weighted by atomic mass is 79.9. The Labute approximate surface area is 126 Å². The zero-order chi connectivity index (χ0) is 14.1. The normalized spacial score (nSPS) is 21.9. The summed E-state index contributed by atoms with van der Waals surface area (Å²) in [5.74, 6) is -0.223. The third-order valence-electron chi connectivity index (χ3n) is 4.22. The average molecular weight is 345 g/mol. The van der Waals surface area contributed by atoms with Crippen LogP contribution in [0.3, 0.4) is 0 Å². The number of nitrogens with one attached hydrogen (secondary N) is 1. The maximum absolute atomic E-state index is 14.3. The predicted octanol–water partition coefficient (Wildman–Crippen LogP) is 3.47. The third-order valence-corrected chi connectivity index (χ3v) is 4.68. The van der Waals surface area contributed by atoms with Gasteiger partial charge >= 0.3 is 0 Å². The first-order valence-electron chi connectivity index (χ1n) is 7.24. The third kappa shape index (κ3) is 3.21. The lowest BCUT2D eigenvalue weighted by molar-refractivity contribution is 0.154. The molecule has 0 spiro atoms. The van der Waals surface area contributed by atoms with Crippen LogP contribution >= 0.6 is 15.9 Å². The molecule has 2 nitrogen and oxygen atoms in total. The van der Waals surface area contributed by atoms with Crippen LogP contribution in [-0.2, 0) is 0 Å². The van der Waals surface area contributed by atoms with Gasteiger partial charge in [-0.2, -0.15) is 0 Å². The highest BCUT2D eigenvalue weighted by molar-refractivity contribution is 9.10. The minimum atomic E-state index is -0.430. The Balaban J connectivity index is 1.91. The average Bonchev–Trinajstić information content (AvgIpc) is 3.21. The maximum atomic E-state index is 14.3. The van der Waals surface area contributed by atoms with E-state index in [1.54, 1.807) is 0 Å². The van der Waals surface area contributed by atoms with Crippen molar-refractivity contribution in [2.45, 2.75) is 25.3 Å². The van der Waals surface area contributed by atoms with Crippen molar-refractivity contribution < 1.29 is 8.78 Å². The molecule has 20 heavy (non-hydrogen) atoms. The number of nitrogens with zero attached hydrogens (tertiary/aromatic N) is 1. The van der Waals surface area contributed by atoms with E-state index in [1.165, 1.54) is 25.0 Å². The largest absolute Gasteiger partial charge is 0.314 e. The fraction of sp³-hybridized carbons (Fsp3) is 0.600. The van der Waals surface area contributed by atoms with Crippen LogP contribution in [0.1, 0.15) is 30.9 Å². The summed E-state index contributed by atoms with van der Waals surface area (Å²) in [5.41, 5.74) is 0.252. The molecule has 1 aromatic carbocycles. The number of halogens is 3. The molecule has 0 amide bonds. The summed E-state index contributed by atoms with van der Waals surface area (Å²) >= 11 is 3.15. The number of piperazine rings is 1. The Kier molecular flexibility index (Phi) is 4.38. The molecule has 2 aliphatic rings. The molecule has 2 fully saturated rings. The zero-order valence-corrected chi connectivity index (χ0v) is 12.9. The first kappa shape index (κ1) is 14.4. The van der Waals surface area contributed by atoms with Crippen molar-refractivity contribution in [3.05, 3.63) is 33.8 Å². The van der Waals surface area contributed by atoms with Crippen LogP contribution in [0, 0.1) is 17.6 Å². The van der Waals surface area contributed by atoms with Gasteiger partial charge < -0.3 is 5.32 Å². The molecule has 0 aromatic heterocycles. The van der Waals surface area contributed by atoms with Gasteiger partial charge in [-0.15, -0.1) is 0 Å². The molecule has 1 aliphatic heterocycles. The minimum absolute atomic E-state index is 0.127. The van der Waals surface area contributed by atoms with Gasteiger partial charge in [0.05, 0.1) is 0 Å². The Morgan fingerprint density at radius 1 is 1.20 bits per heavy atom. The molecule has 5 heteroatoms. The van der Waals surface area contributed by atoms with Gasteiger partial charge in [-0.3, -0.25) is 4.90 Å². The highest BCUT2D eigenvalue weighted by Gasteiger charge is 2.33. The fourth-order valence-corrected chi connectivity index (χ4v) is 3.39. The number of benzene rings is 1. The van der Waals surface area contributed by atoms with Crippen molar-refractivity contribution in [1.29, 1.82) is 0 Å². The van der Waals surface area contributed by atoms with E-state index in [0.29, 0.717) is 10.4 Å². The molecular formula is C15H19BrF2N2. The van der Waals surface area contributed by atoms with E-state index in [2.05, 4.69) is 26.1 Å². The maximum Gasteiger partial charge on any atom is 0.132 e. The monoisotopic (exact) mass is 344 g/mol. The van der Waals surface area contributed by atoms with Gasteiger partial charge in [0.25, 0.3) is 0 Å². The molecule has 0 radical (unpaired) electrons. The SMILES string of the molecule is Fc1cc(Br)cc(F)c1[C@@H](CC1CC1)N1CCNCC1. The molecule has 1 saturated heterocycles. The smallest absolute Gasteiger partial charge is 0.132 e. The van der Waals surface area contributed by atoms with E-state index < -0.39 is 11.6 Å². The molecule has 0 unspecified atom stereocenters. The Morgan fingerprint density at radius 2 is 1.80 bits per heavy atom. The van der Waals surface area contributed by atoms with Gasteiger partial charge in [-0.25, -0.2) is 8.78 Å². The van der Waals surface area contributed by atoms with E-state index in [4.69, 9.17) is 0 Å². The van der Waals surface area contributed by atoms with Gasteiger partial charge in [-0.1, -0.05) is 28.8 Å². The summed E-state index contributed by atoms with van der Waals surface area (Å²) in [7, 11) is 0. The van der Waals surface area contributed by atoms with Crippen LogP contribution in [0.15, 0.2) is 16.6 Å². The molecule has 1 atom stereocenters. The van der Waals surface area contributed by atoms with Crippen molar-refractivity contribution in [1.82, 2.24) is 10.2 Å². The first-order chi connectivity index (χ1) is 9.65. The van der Waals surface area contributed by atoms with Crippen LogP contribution in [-0.4, -0.2) is 31.1 Å². The summed E-state index contributed by atoms with van der Waals surface area (Å²) in [6, 6.07) is 2.62. The van der Waals surface area contributed by atoms with Gasteiger partial charge in [0, 0.05) is 42.3 Å². The second-order valence-electron chi connectivity index (χ2n) is 5.76. The molecule has 1 heterocycles. The van der Waals surface area contributed by atoms with E-state index in [0.717, 1.165) is 32.6 Å². The van der Waals surface area contributed by atoms with Crippen molar-refractivity contribution >= 4 is 15.9 Å². The van der Waals surface area contributed by atoms with Crippen LogP contribution in [0.5, 0.6) is 0 Å². The van der Waals surface area contributed by atoms with Crippen molar-refractivity contribution in [2.75, 3.05) is 26.2 Å². The van der Waals surface area contributed by atoms with E-state index in [-0.39, 0.29) is 11.6 Å². The predicted molar refractivity (Wildman–Crippen MR) is 78.6 cm³/mol. The van der Waals surface area contributed by atoms with Crippen LogP contribution in [0.2, 0.25) is 0 Å². The van der Waals surface area contributed by atoms with Crippen molar-refractivity contribution in [2.24, 2.45) is 5.92 Å². The lowest BCUT2D eigenvalue weighted by Crippen LogP contribution is -2.45. The summed E-state index contributed by atoms with van der Waals surface area (Å²) in [6.07, 6.45) is 3.26. The van der Waals surface area contributed by atoms with Gasteiger partial charge in [0.1, 0.15) is 11.6 Å². The Bertz CT molecular complexity index is 462. The van der Waals surface area contributed by atoms with Crippen LogP contribution < -0.4 is 5.32 Å². The molecule has 1 saturated carbocycles. The quantitative estimate of drug-likeness (QED) is 0.899. The lowest BCUT2D eigenvalue weighted by Gasteiger charge is -2.35. The second kappa shape index (κ2) is 6.08. The molecule has 3 rings (SSSR count). The molecular weight excluding hydrogens is 326 g/mol. The summed E-state index contributed by atoms with van der Waals surface area (Å²) in [6.45, 7) is 3.49. The first-order valence-corrected chi connectivity index (χ1v) is 8.03. The standard InChI is InChI=1S/C15H19BrF2N2/c16-11-8-12(17)15(13(18)9-11)14(7-10-1-2-10)20-5-3-19-4-6-20/h8-10,14,19H,1-7H2/t14-/m1/s1. The number of rotatable bonds is 4. The number of hydrogen-bond donors (Lipinski definition) is 1. The molecule has 1 N–H and O–H groups in total. The molecule has 1 aromatic rings. The lowest BCUT2D eigenvalue weighted by atomic mass is 9.97. The molecule has 1 aliphatic carbocycles. The van der Waals surface area contributed by atoms with E-state index in [1.807, 2.05) is 0 Å². The zero-order valence-electron chi connectivity index (χ0n) is 11.3. The van der Waals surface area contributed by atoms with E-state index in [9.17, 15) is 8.78 Å². The van der Waals surface area contributed by atoms with Gasteiger partial charge in [-0.05, 0) is 24.5 Å². The van der Waals surface area contributed by atoms with Gasteiger partial charge in [0.2, 0.25) is 0 Å². The fourth-order valence-electron chi connectivity index (χ4n) is 2.98. The van der Waals surface area contributed by atoms with E-state index >= 15 is 0 Å².